The Balaban J connectivity index is 2.35. The predicted molar refractivity (Wildman–Crippen MR) is 81.7 cm³/mol. The highest BCUT2D eigenvalue weighted by molar-refractivity contribution is 5.79. The number of carboxylic acids is 1. The molecule has 23 heavy (non-hydrogen) atoms. The highest BCUT2D eigenvalue weighted by Gasteiger charge is 2.20. The summed E-state index contributed by atoms with van der Waals surface area (Å²) in [5.74, 6) is -1.56. The maximum atomic E-state index is 11.6. The van der Waals surface area contributed by atoms with Gasteiger partial charge in [-0.25, -0.2) is 9.59 Å². The average Bonchev–Trinajstić information content (AvgIpc) is 2.53. The SMILES string of the molecule is CCOC(=O)CCCC(NC(=O)OCc1ccccc1)C(=O)O. The molecule has 0 saturated carbocycles. The van der Waals surface area contributed by atoms with E-state index < -0.39 is 18.1 Å². The first kappa shape index (κ1) is 18.5. The number of rotatable bonds is 9. The van der Waals surface area contributed by atoms with Crippen LogP contribution in [0.1, 0.15) is 31.7 Å². The van der Waals surface area contributed by atoms with Gasteiger partial charge in [-0.05, 0) is 25.3 Å². The lowest BCUT2D eigenvalue weighted by atomic mass is 10.1. The van der Waals surface area contributed by atoms with E-state index in [0.717, 1.165) is 5.56 Å². The van der Waals surface area contributed by atoms with Crippen molar-refractivity contribution in [2.45, 2.75) is 38.8 Å². The Morgan fingerprint density at radius 1 is 1.17 bits per heavy atom. The van der Waals surface area contributed by atoms with E-state index >= 15 is 0 Å². The standard InChI is InChI=1S/C16H21NO6/c1-2-22-14(18)10-6-9-13(15(19)20)17-16(21)23-11-12-7-4-3-5-8-12/h3-5,7-8,13H,2,6,9-11H2,1H3,(H,17,21)(H,19,20). The smallest absolute Gasteiger partial charge is 0.408 e. The normalized spacial score (nSPS) is 11.3. The summed E-state index contributed by atoms with van der Waals surface area (Å²) in [4.78, 5) is 34.0. The lowest BCUT2D eigenvalue weighted by Crippen LogP contribution is -2.41. The van der Waals surface area contributed by atoms with Gasteiger partial charge in [-0.3, -0.25) is 4.79 Å². The summed E-state index contributed by atoms with van der Waals surface area (Å²) >= 11 is 0. The fraction of sp³-hybridized carbons (Fsp3) is 0.438. The summed E-state index contributed by atoms with van der Waals surface area (Å²) in [6.07, 6.45) is -0.278. The molecule has 1 aromatic carbocycles. The second-order valence-electron chi connectivity index (χ2n) is 4.79. The molecule has 0 aliphatic carbocycles. The minimum Gasteiger partial charge on any atom is -0.480 e. The summed E-state index contributed by atoms with van der Waals surface area (Å²) in [5.41, 5.74) is 0.803. The van der Waals surface area contributed by atoms with Gasteiger partial charge in [0.2, 0.25) is 0 Å². The van der Waals surface area contributed by atoms with Crippen molar-refractivity contribution in [2.24, 2.45) is 0 Å². The maximum Gasteiger partial charge on any atom is 0.408 e. The number of hydrogen-bond donors (Lipinski definition) is 2. The largest absolute Gasteiger partial charge is 0.480 e. The van der Waals surface area contributed by atoms with Gasteiger partial charge in [0.1, 0.15) is 12.6 Å². The maximum absolute atomic E-state index is 11.6. The van der Waals surface area contributed by atoms with Gasteiger partial charge >= 0.3 is 18.0 Å². The highest BCUT2D eigenvalue weighted by atomic mass is 16.5. The molecule has 7 nitrogen and oxygen atoms in total. The van der Waals surface area contributed by atoms with Crippen LogP contribution in [0.15, 0.2) is 30.3 Å². The Labute approximate surface area is 134 Å². The van der Waals surface area contributed by atoms with E-state index in [1.165, 1.54) is 0 Å². The number of carboxylic acid groups (broad SMARTS) is 1. The summed E-state index contributed by atoms with van der Waals surface area (Å²) in [6.45, 7) is 2.04. The predicted octanol–water partition coefficient (Wildman–Crippen LogP) is 2.10. The molecule has 1 rings (SSSR count). The molecule has 1 aromatic rings. The quantitative estimate of drug-likeness (QED) is 0.675. The van der Waals surface area contributed by atoms with Crippen LogP contribution in [0.25, 0.3) is 0 Å². The van der Waals surface area contributed by atoms with Crippen molar-refractivity contribution in [3.8, 4) is 0 Å². The van der Waals surface area contributed by atoms with Crippen LogP contribution in [0.5, 0.6) is 0 Å². The fourth-order valence-electron chi connectivity index (χ4n) is 1.85. The van der Waals surface area contributed by atoms with Gasteiger partial charge in [0.25, 0.3) is 0 Å². The third kappa shape index (κ3) is 7.85. The van der Waals surface area contributed by atoms with Gasteiger partial charge in [-0.2, -0.15) is 0 Å². The molecule has 7 heteroatoms. The van der Waals surface area contributed by atoms with Crippen molar-refractivity contribution in [3.63, 3.8) is 0 Å². The van der Waals surface area contributed by atoms with E-state index in [0.29, 0.717) is 6.42 Å². The van der Waals surface area contributed by atoms with Crippen molar-refractivity contribution < 1.29 is 29.0 Å². The van der Waals surface area contributed by atoms with Crippen LogP contribution < -0.4 is 5.32 Å². The summed E-state index contributed by atoms with van der Waals surface area (Å²) in [7, 11) is 0. The van der Waals surface area contributed by atoms with Crippen LogP contribution in [0.4, 0.5) is 4.79 Å². The first-order valence-corrected chi connectivity index (χ1v) is 7.38. The van der Waals surface area contributed by atoms with E-state index in [4.69, 9.17) is 14.6 Å². The molecule has 0 saturated heterocycles. The molecule has 0 radical (unpaired) electrons. The van der Waals surface area contributed by atoms with E-state index in [1.807, 2.05) is 18.2 Å². The molecule has 1 amide bonds. The number of alkyl carbamates (subject to hydrolysis) is 1. The molecule has 0 spiro atoms. The summed E-state index contributed by atoms with van der Waals surface area (Å²) in [5, 5.41) is 11.4. The number of carbonyl (C=O) groups excluding carboxylic acids is 2. The van der Waals surface area contributed by atoms with Crippen LogP contribution in [-0.4, -0.2) is 35.8 Å². The lowest BCUT2D eigenvalue weighted by molar-refractivity contribution is -0.144. The number of ether oxygens (including phenoxy) is 2. The second-order valence-corrected chi connectivity index (χ2v) is 4.79. The Hall–Kier alpha value is -2.57. The second kappa shape index (κ2) is 10.2. The Morgan fingerprint density at radius 2 is 1.87 bits per heavy atom. The van der Waals surface area contributed by atoms with Crippen LogP contribution in [0.3, 0.4) is 0 Å². The molecule has 0 heterocycles. The third-order valence-electron chi connectivity index (χ3n) is 2.98. The fourth-order valence-corrected chi connectivity index (χ4v) is 1.85. The minimum atomic E-state index is -1.18. The van der Waals surface area contributed by atoms with Crippen molar-refractivity contribution in [1.29, 1.82) is 0 Å². The highest BCUT2D eigenvalue weighted by Crippen LogP contribution is 2.05. The molecule has 0 bridgehead atoms. The van der Waals surface area contributed by atoms with Crippen LogP contribution in [-0.2, 0) is 25.7 Å². The number of carbonyl (C=O) groups is 3. The number of aliphatic carboxylic acids is 1. The molecule has 0 aliphatic rings. The Kier molecular flexibility index (Phi) is 8.20. The number of hydrogen-bond acceptors (Lipinski definition) is 5. The van der Waals surface area contributed by atoms with E-state index in [-0.39, 0.29) is 32.0 Å². The zero-order chi connectivity index (χ0) is 17.1. The molecular formula is C16H21NO6. The first-order chi connectivity index (χ1) is 11.0. The molecular weight excluding hydrogens is 302 g/mol. The first-order valence-electron chi connectivity index (χ1n) is 7.38. The summed E-state index contributed by atoms with van der Waals surface area (Å²) < 4.78 is 9.72. The molecule has 0 aromatic heterocycles. The molecule has 0 fully saturated rings. The number of nitrogens with one attached hydrogen (secondary N) is 1. The Bertz CT molecular complexity index is 517. The molecule has 1 unspecified atom stereocenters. The third-order valence-corrected chi connectivity index (χ3v) is 2.98. The zero-order valence-electron chi connectivity index (χ0n) is 13.0. The van der Waals surface area contributed by atoms with Crippen molar-refractivity contribution in [3.05, 3.63) is 35.9 Å². The number of esters is 1. The van der Waals surface area contributed by atoms with E-state index in [9.17, 15) is 14.4 Å². The zero-order valence-corrected chi connectivity index (χ0v) is 13.0. The molecule has 2 N–H and O–H groups in total. The lowest BCUT2D eigenvalue weighted by Gasteiger charge is -2.14. The summed E-state index contributed by atoms with van der Waals surface area (Å²) in [6, 6.07) is 7.95. The number of amides is 1. The minimum absolute atomic E-state index is 0.0574. The van der Waals surface area contributed by atoms with E-state index in [2.05, 4.69) is 5.32 Å². The van der Waals surface area contributed by atoms with Gasteiger partial charge in [0, 0.05) is 6.42 Å². The van der Waals surface area contributed by atoms with Crippen LogP contribution >= 0.6 is 0 Å². The van der Waals surface area contributed by atoms with Gasteiger partial charge in [0.05, 0.1) is 6.61 Å². The van der Waals surface area contributed by atoms with Crippen molar-refractivity contribution in [1.82, 2.24) is 5.32 Å². The van der Waals surface area contributed by atoms with Gasteiger partial charge < -0.3 is 19.9 Å². The average molecular weight is 323 g/mol. The van der Waals surface area contributed by atoms with Crippen molar-refractivity contribution in [2.75, 3.05) is 6.61 Å². The molecule has 126 valence electrons. The number of benzene rings is 1. The molecule has 1 atom stereocenters. The van der Waals surface area contributed by atoms with Gasteiger partial charge in [0.15, 0.2) is 0 Å². The topological polar surface area (TPSA) is 102 Å². The van der Waals surface area contributed by atoms with Gasteiger partial charge in [-0.15, -0.1) is 0 Å². The monoisotopic (exact) mass is 323 g/mol. The van der Waals surface area contributed by atoms with Crippen molar-refractivity contribution >= 4 is 18.0 Å². The van der Waals surface area contributed by atoms with Crippen LogP contribution in [0, 0.1) is 0 Å². The van der Waals surface area contributed by atoms with E-state index in [1.54, 1.807) is 19.1 Å². The molecule has 0 aliphatic heterocycles. The Morgan fingerprint density at radius 3 is 2.48 bits per heavy atom. The van der Waals surface area contributed by atoms with Gasteiger partial charge in [-0.1, -0.05) is 30.3 Å². The van der Waals surface area contributed by atoms with Crippen LogP contribution in [0.2, 0.25) is 0 Å².